The summed E-state index contributed by atoms with van der Waals surface area (Å²) in [7, 11) is 0. The molecule has 2 N–H and O–H groups in total. The molecule has 1 saturated carbocycles. The van der Waals surface area contributed by atoms with Gasteiger partial charge in [0.05, 0.1) is 4.88 Å². The predicted octanol–water partition coefficient (Wildman–Crippen LogP) is 4.95. The molecule has 0 unspecified atom stereocenters. The van der Waals surface area contributed by atoms with Crippen molar-refractivity contribution in [2.45, 2.75) is 19.8 Å². The number of fused-ring (bicyclic) bond motifs is 1. The minimum Gasteiger partial charge on any atom is -0.326 e. The lowest BCUT2D eigenvalue weighted by Crippen LogP contribution is -2.14. The Morgan fingerprint density at radius 1 is 1.08 bits per heavy atom. The van der Waals surface area contributed by atoms with Crippen molar-refractivity contribution >= 4 is 44.6 Å². The van der Waals surface area contributed by atoms with Gasteiger partial charge < -0.3 is 10.6 Å². The highest BCUT2D eigenvalue weighted by atomic mass is 32.1. The molecule has 1 aliphatic carbocycles. The van der Waals surface area contributed by atoms with Crippen molar-refractivity contribution in [2.24, 2.45) is 5.92 Å². The molecule has 0 atom stereocenters. The maximum absolute atomic E-state index is 13.5. The predicted molar refractivity (Wildman–Crippen MR) is 102 cm³/mol. The summed E-state index contributed by atoms with van der Waals surface area (Å²) in [4.78, 5) is 25.1. The first-order valence-corrected chi connectivity index (χ1v) is 9.24. The standard InChI is InChI=1S/C20H17FN2O2S/c1-11-16-9-13(21)7-8-17(16)26-18(11)20(25)23-15-4-2-3-14(10-15)22-19(24)12-5-6-12/h2-4,7-10,12H,5-6H2,1H3,(H,22,24)(H,23,25). The summed E-state index contributed by atoms with van der Waals surface area (Å²) in [6.45, 7) is 1.82. The largest absolute Gasteiger partial charge is 0.326 e. The van der Waals surface area contributed by atoms with Crippen LogP contribution in [0, 0.1) is 18.7 Å². The van der Waals surface area contributed by atoms with Crippen LogP contribution < -0.4 is 10.6 Å². The van der Waals surface area contributed by atoms with Crippen LogP contribution in [-0.2, 0) is 4.79 Å². The number of rotatable bonds is 4. The second-order valence-electron chi connectivity index (χ2n) is 6.50. The third kappa shape index (κ3) is 3.32. The second-order valence-corrected chi connectivity index (χ2v) is 7.55. The van der Waals surface area contributed by atoms with Crippen molar-refractivity contribution in [1.29, 1.82) is 0 Å². The summed E-state index contributed by atoms with van der Waals surface area (Å²) < 4.78 is 14.3. The van der Waals surface area contributed by atoms with Gasteiger partial charge in [-0.3, -0.25) is 9.59 Å². The number of carbonyl (C=O) groups excluding carboxylic acids is 2. The zero-order valence-corrected chi connectivity index (χ0v) is 15.0. The van der Waals surface area contributed by atoms with Crippen molar-refractivity contribution in [3.8, 4) is 0 Å². The maximum Gasteiger partial charge on any atom is 0.266 e. The molecule has 26 heavy (non-hydrogen) atoms. The number of benzene rings is 2. The Labute approximate surface area is 154 Å². The SMILES string of the molecule is Cc1c(C(=O)Nc2cccc(NC(=O)C3CC3)c2)sc2ccc(F)cc12. The number of hydrogen-bond acceptors (Lipinski definition) is 3. The van der Waals surface area contributed by atoms with Gasteiger partial charge in [-0.1, -0.05) is 6.07 Å². The van der Waals surface area contributed by atoms with E-state index >= 15 is 0 Å². The van der Waals surface area contributed by atoms with Crippen molar-refractivity contribution < 1.29 is 14.0 Å². The average Bonchev–Trinajstić information content (AvgIpc) is 3.41. The van der Waals surface area contributed by atoms with Gasteiger partial charge in [0.15, 0.2) is 0 Å². The molecule has 4 nitrogen and oxygen atoms in total. The first-order chi connectivity index (χ1) is 12.5. The van der Waals surface area contributed by atoms with Crippen LogP contribution in [0.3, 0.4) is 0 Å². The molecule has 3 aromatic rings. The van der Waals surface area contributed by atoms with Gasteiger partial charge in [-0.05, 0) is 67.1 Å². The van der Waals surface area contributed by atoms with Gasteiger partial charge in [0.2, 0.25) is 5.91 Å². The third-order valence-electron chi connectivity index (χ3n) is 4.44. The normalized spacial score (nSPS) is 13.6. The van der Waals surface area contributed by atoms with Gasteiger partial charge in [0, 0.05) is 22.0 Å². The van der Waals surface area contributed by atoms with E-state index in [-0.39, 0.29) is 23.5 Å². The highest BCUT2D eigenvalue weighted by Crippen LogP contribution is 2.32. The van der Waals surface area contributed by atoms with Crippen LogP contribution in [0.5, 0.6) is 0 Å². The first-order valence-electron chi connectivity index (χ1n) is 8.42. The van der Waals surface area contributed by atoms with E-state index in [2.05, 4.69) is 10.6 Å². The van der Waals surface area contributed by atoms with Crippen LogP contribution >= 0.6 is 11.3 Å². The molecule has 1 heterocycles. The monoisotopic (exact) mass is 368 g/mol. The number of anilines is 2. The van der Waals surface area contributed by atoms with Gasteiger partial charge in [0.25, 0.3) is 5.91 Å². The molecule has 2 aromatic carbocycles. The number of hydrogen-bond donors (Lipinski definition) is 2. The summed E-state index contributed by atoms with van der Waals surface area (Å²) in [5.74, 6) is -0.412. The van der Waals surface area contributed by atoms with Crippen LogP contribution in [0.1, 0.15) is 28.1 Å². The number of carbonyl (C=O) groups is 2. The molecule has 2 amide bonds. The van der Waals surface area contributed by atoms with E-state index in [1.54, 1.807) is 30.3 Å². The summed E-state index contributed by atoms with van der Waals surface area (Å²) in [6.07, 6.45) is 1.88. The number of halogens is 1. The molecule has 0 radical (unpaired) electrons. The van der Waals surface area contributed by atoms with Gasteiger partial charge >= 0.3 is 0 Å². The summed E-state index contributed by atoms with van der Waals surface area (Å²) in [6, 6.07) is 11.6. The fraction of sp³-hybridized carbons (Fsp3) is 0.200. The molecule has 6 heteroatoms. The Kier molecular flexibility index (Phi) is 4.20. The van der Waals surface area contributed by atoms with Gasteiger partial charge in [-0.2, -0.15) is 0 Å². The minimum absolute atomic E-state index is 0.0239. The van der Waals surface area contributed by atoms with Crippen LogP contribution in [0.25, 0.3) is 10.1 Å². The topological polar surface area (TPSA) is 58.2 Å². The fourth-order valence-corrected chi connectivity index (χ4v) is 3.95. The Bertz CT molecular complexity index is 1020. The van der Waals surface area contributed by atoms with Crippen molar-refractivity contribution in [3.05, 3.63) is 58.7 Å². The fourth-order valence-electron chi connectivity index (χ4n) is 2.86. The molecule has 1 fully saturated rings. The average molecular weight is 368 g/mol. The Hall–Kier alpha value is -2.73. The van der Waals surface area contributed by atoms with Crippen LogP contribution in [-0.4, -0.2) is 11.8 Å². The third-order valence-corrected chi connectivity index (χ3v) is 5.71. The quantitative estimate of drug-likeness (QED) is 0.684. The lowest BCUT2D eigenvalue weighted by Gasteiger charge is -2.08. The first kappa shape index (κ1) is 16.7. The Balaban J connectivity index is 1.54. The van der Waals surface area contributed by atoms with E-state index in [1.807, 2.05) is 6.92 Å². The summed E-state index contributed by atoms with van der Waals surface area (Å²) in [5.41, 5.74) is 2.03. The van der Waals surface area contributed by atoms with Crippen molar-refractivity contribution in [2.75, 3.05) is 10.6 Å². The Morgan fingerprint density at radius 3 is 2.54 bits per heavy atom. The number of nitrogens with one attached hydrogen (secondary N) is 2. The zero-order chi connectivity index (χ0) is 18.3. The molecule has 0 bridgehead atoms. The lowest BCUT2D eigenvalue weighted by molar-refractivity contribution is -0.117. The molecular weight excluding hydrogens is 351 g/mol. The van der Waals surface area contributed by atoms with Crippen LogP contribution in [0.4, 0.5) is 15.8 Å². The molecule has 132 valence electrons. The van der Waals surface area contributed by atoms with Crippen molar-refractivity contribution in [3.63, 3.8) is 0 Å². The van der Waals surface area contributed by atoms with Gasteiger partial charge in [-0.25, -0.2) is 4.39 Å². The van der Waals surface area contributed by atoms with E-state index in [1.165, 1.54) is 23.5 Å². The molecule has 0 saturated heterocycles. The molecular formula is C20H17FN2O2S. The zero-order valence-electron chi connectivity index (χ0n) is 14.1. The van der Waals surface area contributed by atoms with E-state index < -0.39 is 0 Å². The van der Waals surface area contributed by atoms with Crippen molar-refractivity contribution in [1.82, 2.24) is 0 Å². The number of amides is 2. The van der Waals surface area contributed by atoms with E-state index in [0.29, 0.717) is 16.3 Å². The molecule has 1 aromatic heterocycles. The smallest absolute Gasteiger partial charge is 0.266 e. The molecule has 4 rings (SSSR count). The minimum atomic E-state index is -0.315. The van der Waals surface area contributed by atoms with E-state index in [0.717, 1.165) is 28.5 Å². The summed E-state index contributed by atoms with van der Waals surface area (Å²) >= 11 is 1.34. The highest BCUT2D eigenvalue weighted by molar-refractivity contribution is 7.21. The van der Waals surface area contributed by atoms with Crippen LogP contribution in [0.2, 0.25) is 0 Å². The highest BCUT2D eigenvalue weighted by Gasteiger charge is 2.29. The van der Waals surface area contributed by atoms with Gasteiger partial charge in [-0.15, -0.1) is 11.3 Å². The van der Waals surface area contributed by atoms with E-state index in [4.69, 9.17) is 0 Å². The number of aryl methyl sites for hydroxylation is 1. The molecule has 1 aliphatic rings. The lowest BCUT2D eigenvalue weighted by atomic mass is 10.1. The molecule has 0 spiro atoms. The van der Waals surface area contributed by atoms with Gasteiger partial charge in [0.1, 0.15) is 5.82 Å². The number of thiophene rings is 1. The van der Waals surface area contributed by atoms with Crippen LogP contribution in [0.15, 0.2) is 42.5 Å². The molecule has 0 aliphatic heterocycles. The summed E-state index contributed by atoms with van der Waals surface area (Å²) in [5, 5.41) is 6.48. The maximum atomic E-state index is 13.5. The Morgan fingerprint density at radius 2 is 1.81 bits per heavy atom. The van der Waals surface area contributed by atoms with E-state index in [9.17, 15) is 14.0 Å². The second kappa shape index (κ2) is 6.53.